The first kappa shape index (κ1) is 18.1. The van der Waals surface area contributed by atoms with Crippen LogP contribution in [0.2, 0.25) is 0 Å². The summed E-state index contributed by atoms with van der Waals surface area (Å²) in [6.07, 6.45) is 5.59. The monoisotopic (exact) mass is 365 g/mol. The molecular formula is C17H27N5O2S. The number of likely N-dealkylation sites (tertiary alicyclic amines) is 1. The number of amides is 3. The topological polar surface area (TPSA) is 77.6 Å². The fraction of sp³-hybridized carbons (Fsp3) is 0.706. The molecule has 2 aliphatic heterocycles. The summed E-state index contributed by atoms with van der Waals surface area (Å²) in [5.41, 5.74) is 0. The first-order valence-corrected chi connectivity index (χ1v) is 9.80. The molecule has 0 bridgehead atoms. The first-order valence-electron chi connectivity index (χ1n) is 8.98. The number of nitrogens with zero attached hydrogens (tertiary/aromatic N) is 3. The number of thiazole rings is 1. The van der Waals surface area contributed by atoms with E-state index in [0.717, 1.165) is 25.9 Å². The highest BCUT2D eigenvalue weighted by Crippen LogP contribution is 2.32. The van der Waals surface area contributed by atoms with Crippen molar-refractivity contribution >= 4 is 28.4 Å². The van der Waals surface area contributed by atoms with Crippen LogP contribution in [-0.4, -0.2) is 67.0 Å². The van der Waals surface area contributed by atoms with Gasteiger partial charge in [-0.1, -0.05) is 0 Å². The summed E-state index contributed by atoms with van der Waals surface area (Å²) in [6.45, 7) is 3.36. The molecular weight excluding hydrogens is 338 g/mol. The largest absolute Gasteiger partial charge is 0.331 e. The molecule has 2 saturated heterocycles. The molecule has 138 valence electrons. The van der Waals surface area contributed by atoms with E-state index < -0.39 is 0 Å². The maximum Gasteiger partial charge on any atom is 0.319 e. The van der Waals surface area contributed by atoms with Crippen molar-refractivity contribution in [1.82, 2.24) is 20.1 Å². The molecule has 0 aliphatic carbocycles. The zero-order valence-corrected chi connectivity index (χ0v) is 15.8. The van der Waals surface area contributed by atoms with Gasteiger partial charge in [0.15, 0.2) is 5.13 Å². The van der Waals surface area contributed by atoms with Crippen molar-refractivity contribution in [3.05, 3.63) is 11.1 Å². The third-order valence-corrected chi connectivity index (χ3v) is 6.09. The number of anilines is 1. The first-order chi connectivity index (χ1) is 12.0. The molecule has 0 spiro atoms. The molecule has 2 aliphatic rings. The smallest absolute Gasteiger partial charge is 0.319 e. The number of rotatable bonds is 3. The Hall–Kier alpha value is -1.67. The highest BCUT2D eigenvalue weighted by Gasteiger charge is 2.28. The molecule has 2 N–H and O–H groups in total. The Kier molecular flexibility index (Phi) is 5.90. The minimum atomic E-state index is -0.0440. The van der Waals surface area contributed by atoms with Crippen molar-refractivity contribution in [2.75, 3.05) is 45.6 Å². The van der Waals surface area contributed by atoms with E-state index in [1.54, 1.807) is 30.3 Å². The van der Waals surface area contributed by atoms with Crippen molar-refractivity contribution in [2.24, 2.45) is 5.92 Å². The second kappa shape index (κ2) is 8.14. The average Bonchev–Trinajstić information content (AvgIpc) is 3.10. The number of urea groups is 1. The summed E-state index contributed by atoms with van der Waals surface area (Å²) >= 11 is 1.60. The lowest BCUT2D eigenvalue weighted by atomic mass is 9.96. The van der Waals surface area contributed by atoms with E-state index in [9.17, 15) is 9.59 Å². The minimum Gasteiger partial charge on any atom is -0.331 e. The van der Waals surface area contributed by atoms with Crippen LogP contribution < -0.4 is 10.6 Å². The predicted octanol–water partition coefficient (Wildman–Crippen LogP) is 1.94. The standard InChI is InChI=1S/C17H27N5O2S/c1-21(2)17(24)22-9-5-13(6-10-22)15(23)20-16-19-11-14(25-16)12-3-7-18-8-4-12/h11-13,18H,3-10H2,1-2H3,(H,19,20,23). The van der Waals surface area contributed by atoms with Gasteiger partial charge in [-0.15, -0.1) is 11.3 Å². The van der Waals surface area contributed by atoms with Gasteiger partial charge >= 0.3 is 6.03 Å². The lowest BCUT2D eigenvalue weighted by molar-refractivity contribution is -0.121. The fourth-order valence-corrected chi connectivity index (χ4v) is 4.45. The molecule has 0 atom stereocenters. The predicted molar refractivity (Wildman–Crippen MR) is 99.0 cm³/mol. The zero-order valence-electron chi connectivity index (χ0n) is 15.0. The number of nitrogens with one attached hydrogen (secondary N) is 2. The molecule has 25 heavy (non-hydrogen) atoms. The van der Waals surface area contributed by atoms with Gasteiger partial charge < -0.3 is 20.4 Å². The van der Waals surface area contributed by atoms with Crippen LogP contribution in [0.15, 0.2) is 6.20 Å². The number of aromatic nitrogens is 1. The number of piperidine rings is 2. The molecule has 8 heteroatoms. The van der Waals surface area contributed by atoms with Crippen molar-refractivity contribution in [2.45, 2.75) is 31.6 Å². The van der Waals surface area contributed by atoms with Crippen molar-refractivity contribution in [3.8, 4) is 0 Å². The third-order valence-electron chi connectivity index (χ3n) is 5.01. The van der Waals surface area contributed by atoms with Crippen LogP contribution in [0.4, 0.5) is 9.93 Å². The number of carbonyl (C=O) groups excluding carboxylic acids is 2. The van der Waals surface area contributed by atoms with Crippen molar-refractivity contribution in [1.29, 1.82) is 0 Å². The summed E-state index contributed by atoms with van der Waals surface area (Å²) in [5, 5.41) is 7.04. The van der Waals surface area contributed by atoms with Gasteiger partial charge in [0.2, 0.25) is 5.91 Å². The van der Waals surface area contributed by atoms with E-state index in [1.165, 1.54) is 4.88 Å². The molecule has 1 aromatic heterocycles. The van der Waals surface area contributed by atoms with Gasteiger partial charge in [-0.05, 0) is 44.7 Å². The highest BCUT2D eigenvalue weighted by molar-refractivity contribution is 7.15. The Bertz CT molecular complexity index is 604. The van der Waals surface area contributed by atoms with Crippen LogP contribution in [0.1, 0.15) is 36.5 Å². The zero-order chi connectivity index (χ0) is 17.8. The maximum atomic E-state index is 12.5. The normalized spacial score (nSPS) is 19.7. The van der Waals surface area contributed by atoms with E-state index in [2.05, 4.69) is 15.6 Å². The molecule has 1 aromatic rings. The summed E-state index contributed by atoms with van der Waals surface area (Å²) < 4.78 is 0. The second-order valence-electron chi connectivity index (χ2n) is 7.02. The van der Waals surface area contributed by atoms with Crippen LogP contribution in [0.3, 0.4) is 0 Å². The van der Waals surface area contributed by atoms with Crippen LogP contribution >= 0.6 is 11.3 Å². The lowest BCUT2D eigenvalue weighted by Crippen LogP contribution is -2.45. The molecule has 0 aromatic carbocycles. The van der Waals surface area contributed by atoms with E-state index in [0.29, 0.717) is 37.0 Å². The van der Waals surface area contributed by atoms with Crippen molar-refractivity contribution < 1.29 is 9.59 Å². The van der Waals surface area contributed by atoms with Gasteiger partial charge in [0.25, 0.3) is 0 Å². The van der Waals surface area contributed by atoms with Gasteiger partial charge in [-0.25, -0.2) is 9.78 Å². The van der Waals surface area contributed by atoms with E-state index in [1.807, 2.05) is 11.1 Å². The van der Waals surface area contributed by atoms with E-state index >= 15 is 0 Å². The fourth-order valence-electron chi connectivity index (χ4n) is 3.46. The number of hydrogen-bond donors (Lipinski definition) is 2. The van der Waals surface area contributed by atoms with Gasteiger partial charge in [0, 0.05) is 44.2 Å². The average molecular weight is 366 g/mol. The third kappa shape index (κ3) is 4.49. The molecule has 3 heterocycles. The number of hydrogen-bond acceptors (Lipinski definition) is 5. The molecule has 0 saturated carbocycles. The highest BCUT2D eigenvalue weighted by atomic mass is 32.1. The quantitative estimate of drug-likeness (QED) is 0.858. The van der Waals surface area contributed by atoms with Crippen LogP contribution in [-0.2, 0) is 4.79 Å². The van der Waals surface area contributed by atoms with Crippen LogP contribution in [0.25, 0.3) is 0 Å². The molecule has 0 unspecified atom stereocenters. The molecule has 0 radical (unpaired) electrons. The van der Waals surface area contributed by atoms with Gasteiger partial charge in [-0.3, -0.25) is 4.79 Å². The van der Waals surface area contributed by atoms with Crippen LogP contribution in [0.5, 0.6) is 0 Å². The SMILES string of the molecule is CN(C)C(=O)N1CCC(C(=O)Nc2ncc(C3CCNCC3)s2)CC1. The van der Waals surface area contributed by atoms with Crippen LogP contribution in [0, 0.1) is 5.92 Å². The summed E-state index contributed by atoms with van der Waals surface area (Å²) in [6, 6.07) is 0.0189. The Morgan fingerprint density at radius 1 is 1.24 bits per heavy atom. The summed E-state index contributed by atoms with van der Waals surface area (Å²) in [7, 11) is 3.51. The molecule has 3 amide bonds. The Morgan fingerprint density at radius 3 is 2.56 bits per heavy atom. The second-order valence-corrected chi connectivity index (χ2v) is 8.08. The number of carbonyl (C=O) groups is 2. The minimum absolute atomic E-state index is 0.0189. The van der Waals surface area contributed by atoms with E-state index in [4.69, 9.17) is 0 Å². The Morgan fingerprint density at radius 2 is 1.92 bits per heavy atom. The van der Waals surface area contributed by atoms with Crippen molar-refractivity contribution in [3.63, 3.8) is 0 Å². The Balaban J connectivity index is 1.50. The molecule has 7 nitrogen and oxygen atoms in total. The Labute approximate surface area is 152 Å². The molecule has 3 rings (SSSR count). The molecule has 2 fully saturated rings. The van der Waals surface area contributed by atoms with Gasteiger partial charge in [0.05, 0.1) is 0 Å². The summed E-state index contributed by atoms with van der Waals surface area (Å²) in [4.78, 5) is 33.5. The lowest BCUT2D eigenvalue weighted by Gasteiger charge is -2.32. The summed E-state index contributed by atoms with van der Waals surface area (Å²) in [5.74, 6) is 0.547. The maximum absolute atomic E-state index is 12.5. The van der Waals surface area contributed by atoms with Gasteiger partial charge in [-0.2, -0.15) is 0 Å². The van der Waals surface area contributed by atoms with E-state index in [-0.39, 0.29) is 17.9 Å². The van der Waals surface area contributed by atoms with Gasteiger partial charge in [0.1, 0.15) is 0 Å².